The highest BCUT2D eigenvalue weighted by Crippen LogP contribution is 2.32. The molecule has 3 aliphatic rings. The van der Waals surface area contributed by atoms with E-state index in [2.05, 4.69) is 5.32 Å². The Morgan fingerprint density at radius 1 is 1.37 bits per heavy atom. The number of ether oxygens (including phenoxy) is 1. The molecule has 2 atom stereocenters. The summed E-state index contributed by atoms with van der Waals surface area (Å²) in [6, 6.07) is 4.51. The summed E-state index contributed by atoms with van der Waals surface area (Å²) in [5.41, 5.74) is 0.413. The van der Waals surface area contributed by atoms with Gasteiger partial charge < -0.3 is 15.0 Å². The average Bonchev–Trinajstić information content (AvgIpc) is 3.23. The van der Waals surface area contributed by atoms with Crippen LogP contribution in [-0.2, 0) is 14.8 Å². The topological polar surface area (TPSA) is 96.0 Å². The second kappa shape index (κ2) is 6.88. The zero-order chi connectivity index (χ0) is 19.2. The molecule has 0 aliphatic carbocycles. The lowest BCUT2D eigenvalue weighted by molar-refractivity contribution is 0.0701. The minimum absolute atomic E-state index is 0.0223. The van der Waals surface area contributed by atoms with E-state index in [0.717, 1.165) is 17.1 Å². The minimum Gasteiger partial charge on any atom is -0.376 e. The van der Waals surface area contributed by atoms with Crippen LogP contribution in [0.5, 0.6) is 0 Å². The van der Waals surface area contributed by atoms with E-state index in [1.807, 2.05) is 6.92 Å². The van der Waals surface area contributed by atoms with Crippen LogP contribution in [0.1, 0.15) is 40.5 Å². The van der Waals surface area contributed by atoms with E-state index in [1.165, 1.54) is 18.2 Å². The first-order valence-electron chi connectivity index (χ1n) is 9.23. The van der Waals surface area contributed by atoms with Crippen molar-refractivity contribution in [3.8, 4) is 0 Å². The molecule has 3 heterocycles. The molecule has 2 saturated heterocycles. The van der Waals surface area contributed by atoms with Crippen molar-refractivity contribution in [3.05, 3.63) is 29.3 Å². The van der Waals surface area contributed by atoms with E-state index in [9.17, 15) is 18.0 Å². The van der Waals surface area contributed by atoms with Crippen LogP contribution in [-0.4, -0.2) is 74.4 Å². The summed E-state index contributed by atoms with van der Waals surface area (Å²) in [5.74, 6) is -0.762. The molecule has 0 radical (unpaired) electrons. The molecule has 1 aromatic carbocycles. The molecule has 1 N–H and O–H groups in total. The number of piperazine rings is 1. The molecule has 0 aromatic heterocycles. The molecule has 0 unspecified atom stereocenters. The number of carbonyl (C=O) groups excluding carboxylic acids is 2. The molecule has 4 rings (SSSR count). The zero-order valence-corrected chi connectivity index (χ0v) is 16.0. The summed E-state index contributed by atoms with van der Waals surface area (Å²) in [6.07, 6.45) is 1.34. The first-order chi connectivity index (χ1) is 12.9. The van der Waals surface area contributed by atoms with Crippen LogP contribution in [0.2, 0.25) is 0 Å². The van der Waals surface area contributed by atoms with Crippen molar-refractivity contribution in [1.82, 2.24) is 14.5 Å². The molecule has 0 spiro atoms. The first-order valence-corrected chi connectivity index (χ1v) is 10.7. The third-order valence-electron chi connectivity index (χ3n) is 5.30. The molecule has 146 valence electrons. The van der Waals surface area contributed by atoms with Gasteiger partial charge in [0.1, 0.15) is 4.90 Å². The summed E-state index contributed by atoms with van der Waals surface area (Å²) in [5, 5.41) is 3.27. The van der Waals surface area contributed by atoms with Crippen molar-refractivity contribution in [2.24, 2.45) is 0 Å². The van der Waals surface area contributed by atoms with Gasteiger partial charge in [0.05, 0.1) is 18.2 Å². The number of sulfonamides is 1. The molecule has 0 bridgehead atoms. The van der Waals surface area contributed by atoms with E-state index in [4.69, 9.17) is 4.74 Å². The fraction of sp³-hybridized carbons (Fsp3) is 0.556. The van der Waals surface area contributed by atoms with Crippen molar-refractivity contribution in [2.45, 2.75) is 36.8 Å². The van der Waals surface area contributed by atoms with E-state index in [0.29, 0.717) is 26.2 Å². The van der Waals surface area contributed by atoms with Crippen LogP contribution in [0.25, 0.3) is 0 Å². The number of fused-ring (bicyclic) bond motifs is 1. The van der Waals surface area contributed by atoms with Gasteiger partial charge in [-0.2, -0.15) is 0 Å². The maximum atomic E-state index is 12.9. The lowest BCUT2D eigenvalue weighted by atomic mass is 10.1. The van der Waals surface area contributed by atoms with Gasteiger partial charge >= 0.3 is 0 Å². The number of hydrogen-bond acceptors (Lipinski definition) is 6. The van der Waals surface area contributed by atoms with E-state index >= 15 is 0 Å². The fourth-order valence-corrected chi connectivity index (χ4v) is 5.49. The number of rotatable bonds is 3. The molecule has 1 aromatic rings. The van der Waals surface area contributed by atoms with E-state index < -0.39 is 15.9 Å². The van der Waals surface area contributed by atoms with Crippen molar-refractivity contribution < 1.29 is 22.7 Å². The largest absolute Gasteiger partial charge is 0.376 e. The minimum atomic E-state index is -3.96. The van der Waals surface area contributed by atoms with Crippen LogP contribution in [0, 0.1) is 0 Å². The van der Waals surface area contributed by atoms with E-state index in [1.54, 1.807) is 4.90 Å². The van der Waals surface area contributed by atoms with Crippen molar-refractivity contribution in [2.75, 3.05) is 32.8 Å². The Balaban J connectivity index is 1.61. The van der Waals surface area contributed by atoms with Gasteiger partial charge in [-0.05, 0) is 38.0 Å². The molecule has 2 fully saturated rings. The molecule has 0 saturated carbocycles. The monoisotopic (exact) mass is 393 g/mol. The van der Waals surface area contributed by atoms with E-state index in [-0.39, 0.29) is 40.6 Å². The average molecular weight is 393 g/mol. The number of benzene rings is 1. The maximum absolute atomic E-state index is 12.9. The summed E-state index contributed by atoms with van der Waals surface area (Å²) < 4.78 is 32.2. The highest BCUT2D eigenvalue weighted by molar-refractivity contribution is 7.90. The Morgan fingerprint density at radius 3 is 2.89 bits per heavy atom. The molecule has 2 amide bonds. The van der Waals surface area contributed by atoms with Gasteiger partial charge in [-0.25, -0.2) is 12.7 Å². The predicted octanol–water partition coefficient (Wildman–Crippen LogP) is 0.444. The van der Waals surface area contributed by atoms with Crippen LogP contribution in [0.15, 0.2) is 23.1 Å². The van der Waals surface area contributed by atoms with Gasteiger partial charge in [0.15, 0.2) is 0 Å². The van der Waals surface area contributed by atoms with Crippen molar-refractivity contribution in [3.63, 3.8) is 0 Å². The smallest absolute Gasteiger partial charge is 0.269 e. The van der Waals surface area contributed by atoms with Gasteiger partial charge in [-0.15, -0.1) is 0 Å². The highest BCUT2D eigenvalue weighted by Gasteiger charge is 2.43. The SMILES string of the molecule is C[C@H]1CN(C(=O)c2ccc3c(c2)S(=O)(=O)N(C[C@H]2CCCO2)C3=O)CCN1. The number of amides is 2. The normalized spacial score (nSPS) is 27.1. The maximum Gasteiger partial charge on any atom is 0.269 e. The van der Waals surface area contributed by atoms with Crippen LogP contribution >= 0.6 is 0 Å². The molecule has 3 aliphatic heterocycles. The zero-order valence-electron chi connectivity index (χ0n) is 15.2. The molecular weight excluding hydrogens is 370 g/mol. The number of carbonyl (C=O) groups is 2. The summed E-state index contributed by atoms with van der Waals surface area (Å²) in [6.45, 7) is 4.43. The third-order valence-corrected chi connectivity index (χ3v) is 7.09. The Labute approximate surface area is 158 Å². The molecule has 27 heavy (non-hydrogen) atoms. The van der Waals surface area contributed by atoms with Gasteiger partial charge in [-0.1, -0.05) is 0 Å². The Kier molecular flexibility index (Phi) is 4.69. The summed E-state index contributed by atoms with van der Waals surface area (Å²) in [7, 11) is -3.96. The highest BCUT2D eigenvalue weighted by atomic mass is 32.2. The Hall–Kier alpha value is -1.97. The van der Waals surface area contributed by atoms with Gasteiger partial charge in [-0.3, -0.25) is 9.59 Å². The first kappa shape index (κ1) is 18.4. The number of nitrogens with zero attached hydrogens (tertiary/aromatic N) is 2. The predicted molar refractivity (Wildman–Crippen MR) is 97.0 cm³/mol. The second-order valence-electron chi connectivity index (χ2n) is 7.29. The fourth-order valence-electron chi connectivity index (χ4n) is 3.86. The van der Waals surface area contributed by atoms with Crippen LogP contribution in [0.3, 0.4) is 0 Å². The second-order valence-corrected chi connectivity index (χ2v) is 9.12. The summed E-state index contributed by atoms with van der Waals surface area (Å²) >= 11 is 0. The number of hydrogen-bond donors (Lipinski definition) is 1. The van der Waals surface area contributed by atoms with Crippen LogP contribution < -0.4 is 5.32 Å². The van der Waals surface area contributed by atoms with Gasteiger partial charge in [0.2, 0.25) is 0 Å². The molecule has 9 heteroatoms. The van der Waals surface area contributed by atoms with Gasteiger partial charge in [0.25, 0.3) is 21.8 Å². The van der Waals surface area contributed by atoms with Crippen LogP contribution in [0.4, 0.5) is 0 Å². The standard InChI is InChI=1S/C18H23N3O5S/c1-12-10-20(7-6-19-12)17(22)13-4-5-15-16(9-13)27(24,25)21(18(15)23)11-14-3-2-8-26-14/h4-5,9,12,14,19H,2-3,6-8,10-11H2,1H3/t12-,14+/m0/s1. The quantitative estimate of drug-likeness (QED) is 0.801. The Bertz CT molecular complexity index is 879. The summed E-state index contributed by atoms with van der Waals surface area (Å²) in [4.78, 5) is 27.0. The molecular formula is C18H23N3O5S. The Morgan fingerprint density at radius 2 is 2.19 bits per heavy atom. The number of nitrogens with one attached hydrogen (secondary N) is 1. The third kappa shape index (κ3) is 3.24. The van der Waals surface area contributed by atoms with Crippen molar-refractivity contribution in [1.29, 1.82) is 0 Å². The lowest BCUT2D eigenvalue weighted by Crippen LogP contribution is -2.51. The lowest BCUT2D eigenvalue weighted by Gasteiger charge is -2.32. The molecule has 8 nitrogen and oxygen atoms in total. The van der Waals surface area contributed by atoms with Crippen molar-refractivity contribution >= 4 is 21.8 Å². The van der Waals surface area contributed by atoms with Gasteiger partial charge in [0, 0.05) is 37.8 Å².